The molecule has 0 aliphatic heterocycles. The molecule has 0 aliphatic carbocycles. The maximum Gasteiger partial charge on any atom is 0.348 e. The Morgan fingerprint density at radius 3 is 1.30 bits per heavy atom. The number of phenols is 4. The summed E-state index contributed by atoms with van der Waals surface area (Å²) in [6.45, 7) is 7.77. The van der Waals surface area contributed by atoms with E-state index in [9.17, 15) is 30.0 Å². The Hall–Kier alpha value is -6.96. The minimum Gasteiger partial charge on any atom is -0.508 e. The number of benzene rings is 4. The van der Waals surface area contributed by atoms with E-state index in [4.69, 9.17) is 0 Å². The minimum atomic E-state index is -0.404. The van der Waals surface area contributed by atoms with Crippen LogP contribution >= 0.6 is 0 Å². The van der Waals surface area contributed by atoms with E-state index in [1.807, 2.05) is 112 Å². The smallest absolute Gasteiger partial charge is 0.348 e. The van der Waals surface area contributed by atoms with Crippen LogP contribution in [0.15, 0.2) is 94.8 Å². The van der Waals surface area contributed by atoms with Gasteiger partial charge in [-0.1, -0.05) is 27.7 Å². The zero-order valence-electron chi connectivity index (χ0n) is 30.5. The van der Waals surface area contributed by atoms with Gasteiger partial charge in [0.25, 0.3) is 0 Å². The van der Waals surface area contributed by atoms with Crippen molar-refractivity contribution in [3.8, 4) is 57.1 Å². The highest BCUT2D eigenvalue weighted by atomic mass is 16.3. The molecule has 0 radical (unpaired) electrons. The molecule has 0 saturated carbocycles. The molecule has 276 valence electrons. The molecule has 4 aromatic heterocycles. The molecule has 54 heavy (non-hydrogen) atoms. The molecule has 14 heteroatoms. The first-order valence-electron chi connectivity index (χ1n) is 17.3. The molecule has 0 spiro atoms. The molecule has 0 saturated heterocycles. The predicted molar refractivity (Wildman–Crippen MR) is 207 cm³/mol. The summed E-state index contributed by atoms with van der Waals surface area (Å²) >= 11 is 0. The van der Waals surface area contributed by atoms with Crippen LogP contribution in [0.5, 0.6) is 23.0 Å². The number of aryl methyl sites for hydroxylation is 2. The number of aromatic nitrogens is 8. The zero-order chi connectivity index (χ0) is 38.6. The fraction of sp³-hybridized carbons (Fsp3) is 0.200. The van der Waals surface area contributed by atoms with E-state index in [2.05, 4.69) is 20.4 Å². The largest absolute Gasteiger partial charge is 0.508 e. The fourth-order valence-electron chi connectivity index (χ4n) is 6.72. The number of phenolic OH excluding ortho intramolecular Hbond substituents is 4. The Kier molecular flexibility index (Phi) is 8.89. The molecule has 8 aromatic rings. The van der Waals surface area contributed by atoms with Crippen LogP contribution in [0.4, 0.5) is 0 Å². The van der Waals surface area contributed by atoms with Gasteiger partial charge >= 0.3 is 11.4 Å². The summed E-state index contributed by atoms with van der Waals surface area (Å²) in [7, 11) is 3.92. The Bertz CT molecular complexity index is 2620. The van der Waals surface area contributed by atoms with E-state index in [1.165, 1.54) is 21.3 Å². The summed E-state index contributed by atoms with van der Waals surface area (Å²) in [4.78, 5) is 24.9. The Morgan fingerprint density at radius 2 is 0.926 bits per heavy atom. The average molecular weight is 729 g/mol. The van der Waals surface area contributed by atoms with Gasteiger partial charge in [0, 0.05) is 60.4 Å². The van der Waals surface area contributed by atoms with E-state index < -0.39 is 11.4 Å². The van der Waals surface area contributed by atoms with E-state index in [-0.39, 0.29) is 46.5 Å². The van der Waals surface area contributed by atoms with E-state index >= 15 is 0 Å². The highest BCUT2D eigenvalue weighted by Crippen LogP contribution is 2.39. The highest BCUT2D eigenvalue weighted by molar-refractivity contribution is 5.84. The van der Waals surface area contributed by atoms with Crippen molar-refractivity contribution in [2.45, 2.75) is 39.5 Å². The maximum atomic E-state index is 12.5. The number of hydrogen-bond acceptors (Lipinski definition) is 8. The second-order valence-corrected chi connectivity index (χ2v) is 13.9. The number of aromatic hydroxyl groups is 4. The molecule has 0 bridgehead atoms. The lowest BCUT2D eigenvalue weighted by Crippen LogP contribution is -2.15. The number of fused-ring (bicyclic) bond motifs is 2. The van der Waals surface area contributed by atoms with Crippen molar-refractivity contribution >= 4 is 21.8 Å². The molecule has 0 atom stereocenters. The molecular weight excluding hydrogens is 688 g/mol. The molecule has 4 heterocycles. The van der Waals surface area contributed by atoms with E-state index in [0.29, 0.717) is 33.6 Å². The number of nitrogens with zero attached hydrogens (tertiary/aromatic N) is 6. The number of nitrogens with one attached hydrogen (secondary N) is 2. The summed E-state index contributed by atoms with van der Waals surface area (Å²) in [6.07, 6.45) is 3.91. The minimum absolute atomic E-state index is 0.0152. The predicted octanol–water partition coefficient (Wildman–Crippen LogP) is 6.51. The topological polar surface area (TPSA) is 192 Å². The lowest BCUT2D eigenvalue weighted by molar-refractivity contribution is 0.443. The van der Waals surface area contributed by atoms with Crippen LogP contribution in [-0.4, -0.2) is 59.1 Å². The molecule has 0 unspecified atom stereocenters. The summed E-state index contributed by atoms with van der Waals surface area (Å²) in [5.41, 5.74) is 4.66. The third-order valence-corrected chi connectivity index (χ3v) is 9.61. The third-order valence-electron chi connectivity index (χ3n) is 9.61. The second-order valence-electron chi connectivity index (χ2n) is 13.9. The van der Waals surface area contributed by atoms with Gasteiger partial charge in [-0.3, -0.25) is 0 Å². The van der Waals surface area contributed by atoms with Crippen LogP contribution in [-0.2, 0) is 14.1 Å². The quantitative estimate of drug-likeness (QED) is 0.112. The van der Waals surface area contributed by atoms with Crippen LogP contribution in [0, 0.1) is 0 Å². The van der Waals surface area contributed by atoms with Gasteiger partial charge in [-0.25, -0.2) is 28.9 Å². The number of rotatable bonds is 6. The molecule has 14 nitrogen and oxygen atoms in total. The maximum absolute atomic E-state index is 12.5. The molecule has 0 aliphatic rings. The molecular formula is C40H40N8O6. The summed E-state index contributed by atoms with van der Waals surface area (Å²) in [6, 6.07) is 21.2. The normalized spacial score (nSPS) is 11.6. The van der Waals surface area contributed by atoms with Crippen LogP contribution in [0.2, 0.25) is 0 Å². The SMILES string of the molecule is CC(C)c1cc(-c2n[nH]c(=O)n2-c2ccc3c(ccn3C)c2)c(O)cc1O.CC(C)c1cc(-c2n[nH]c(=O)n2-c2ccc3c(ccn3C)c2)c(O)cc1O. The van der Waals surface area contributed by atoms with Crippen LogP contribution in [0.3, 0.4) is 0 Å². The van der Waals surface area contributed by atoms with Crippen molar-refractivity contribution in [1.82, 2.24) is 38.7 Å². The summed E-state index contributed by atoms with van der Waals surface area (Å²) in [5, 5.41) is 56.1. The first-order chi connectivity index (χ1) is 25.7. The summed E-state index contributed by atoms with van der Waals surface area (Å²) in [5.74, 6) is 0.413. The van der Waals surface area contributed by atoms with Crippen molar-refractivity contribution in [2.24, 2.45) is 14.1 Å². The van der Waals surface area contributed by atoms with Gasteiger partial charge in [0.2, 0.25) is 0 Å². The van der Waals surface area contributed by atoms with Crippen LogP contribution < -0.4 is 11.4 Å². The second kappa shape index (κ2) is 13.5. The van der Waals surface area contributed by atoms with Gasteiger partial charge < -0.3 is 29.6 Å². The fourth-order valence-corrected chi connectivity index (χ4v) is 6.72. The Morgan fingerprint density at radius 1 is 0.537 bits per heavy atom. The lowest BCUT2D eigenvalue weighted by Gasteiger charge is -2.13. The highest BCUT2D eigenvalue weighted by Gasteiger charge is 2.21. The summed E-state index contributed by atoms with van der Waals surface area (Å²) < 4.78 is 6.84. The van der Waals surface area contributed by atoms with E-state index in [0.717, 1.165) is 21.8 Å². The van der Waals surface area contributed by atoms with Gasteiger partial charge in [-0.15, -0.1) is 0 Å². The zero-order valence-corrected chi connectivity index (χ0v) is 30.5. The lowest BCUT2D eigenvalue weighted by atomic mass is 9.98. The number of aromatic amines is 2. The monoisotopic (exact) mass is 728 g/mol. The van der Waals surface area contributed by atoms with Gasteiger partial charge in [-0.2, -0.15) is 10.2 Å². The van der Waals surface area contributed by atoms with Crippen molar-refractivity contribution < 1.29 is 20.4 Å². The Labute approximate surface area is 308 Å². The molecule has 0 fully saturated rings. The van der Waals surface area contributed by atoms with Crippen LogP contribution in [0.1, 0.15) is 50.7 Å². The first-order valence-corrected chi connectivity index (χ1v) is 17.3. The van der Waals surface area contributed by atoms with Gasteiger partial charge in [-0.05, 0) is 83.6 Å². The molecule has 4 aromatic carbocycles. The Balaban J connectivity index is 0.000000167. The van der Waals surface area contributed by atoms with Gasteiger partial charge in [0.15, 0.2) is 11.6 Å². The average Bonchev–Trinajstić information content (AvgIpc) is 3.90. The van der Waals surface area contributed by atoms with E-state index in [1.54, 1.807) is 12.1 Å². The first kappa shape index (κ1) is 35.4. The molecule has 8 rings (SSSR count). The van der Waals surface area contributed by atoms with Gasteiger partial charge in [0.1, 0.15) is 23.0 Å². The van der Waals surface area contributed by atoms with Crippen molar-refractivity contribution in [3.05, 3.63) is 117 Å². The van der Waals surface area contributed by atoms with Crippen molar-refractivity contribution in [1.29, 1.82) is 0 Å². The third kappa shape index (κ3) is 6.16. The van der Waals surface area contributed by atoms with Crippen LogP contribution in [0.25, 0.3) is 56.0 Å². The number of hydrogen-bond donors (Lipinski definition) is 6. The van der Waals surface area contributed by atoms with Crippen molar-refractivity contribution in [3.63, 3.8) is 0 Å². The van der Waals surface area contributed by atoms with Crippen molar-refractivity contribution in [2.75, 3.05) is 0 Å². The molecule has 0 amide bonds. The molecule has 6 N–H and O–H groups in total. The number of H-pyrrole nitrogens is 2. The standard InChI is InChI=1S/2C20H20N4O3/c2*1-11(2)14-9-15(18(26)10-17(14)25)19-21-22-20(27)24(19)13-4-5-16-12(8-13)6-7-23(16)3/h2*4-11,25-26H,1-3H3,(H,22,27). The van der Waals surface area contributed by atoms with Gasteiger partial charge in [0.05, 0.1) is 22.5 Å².